The van der Waals surface area contributed by atoms with Gasteiger partial charge in [0.2, 0.25) is 0 Å². The molecule has 9 heteroatoms. The molecule has 0 aliphatic carbocycles. The summed E-state index contributed by atoms with van der Waals surface area (Å²) in [5, 5.41) is 11.2. The smallest absolute Gasteiger partial charge is 0.269 e. The Bertz CT molecular complexity index is 1210. The number of benzene rings is 1. The Kier molecular flexibility index (Phi) is 4.86. The summed E-state index contributed by atoms with van der Waals surface area (Å²) in [7, 11) is -3.70. The van der Waals surface area contributed by atoms with Crippen molar-refractivity contribution in [1.82, 2.24) is 28.9 Å². The minimum absolute atomic E-state index is 0.225. The lowest BCUT2D eigenvalue weighted by molar-refractivity contribution is 0.588. The predicted molar refractivity (Wildman–Crippen MR) is 107 cm³/mol. The summed E-state index contributed by atoms with van der Waals surface area (Å²) in [6.45, 7) is 6.22. The Morgan fingerprint density at radius 3 is 2.36 bits per heavy atom. The number of hydrogen-bond donors (Lipinski definition) is 1. The molecule has 0 atom stereocenters. The van der Waals surface area contributed by atoms with Gasteiger partial charge in [-0.2, -0.15) is 0 Å². The van der Waals surface area contributed by atoms with Gasteiger partial charge >= 0.3 is 0 Å². The van der Waals surface area contributed by atoms with Crippen molar-refractivity contribution < 1.29 is 8.42 Å². The molecule has 1 aromatic carbocycles. The van der Waals surface area contributed by atoms with Crippen molar-refractivity contribution in [2.24, 2.45) is 0 Å². The van der Waals surface area contributed by atoms with E-state index in [1.807, 2.05) is 13.8 Å². The topological polar surface area (TPSA) is 94.2 Å². The molecular formula is C19H22N6O2S. The molecule has 1 N–H and O–H groups in total. The second kappa shape index (κ2) is 7.33. The molecule has 3 aromatic heterocycles. The van der Waals surface area contributed by atoms with Crippen LogP contribution in [0.2, 0.25) is 0 Å². The molecule has 4 aromatic rings. The maximum Gasteiger partial charge on any atom is 0.269 e. The third kappa shape index (κ3) is 3.27. The Morgan fingerprint density at radius 1 is 1.00 bits per heavy atom. The summed E-state index contributed by atoms with van der Waals surface area (Å²) in [6.07, 6.45) is 5.80. The lowest BCUT2D eigenvalue weighted by Gasteiger charge is -2.07. The van der Waals surface area contributed by atoms with Gasteiger partial charge in [0.1, 0.15) is 5.82 Å². The molecule has 1 aliphatic rings. The largest absolute Gasteiger partial charge is 0.317 e. The van der Waals surface area contributed by atoms with Crippen molar-refractivity contribution >= 4 is 26.8 Å². The number of nitrogens with zero attached hydrogens (tertiary/aromatic N) is 5. The van der Waals surface area contributed by atoms with Crippen LogP contribution in [0.15, 0.2) is 47.6 Å². The maximum atomic E-state index is 12.9. The van der Waals surface area contributed by atoms with E-state index in [0.29, 0.717) is 22.6 Å². The van der Waals surface area contributed by atoms with Crippen LogP contribution >= 0.6 is 0 Å². The fraction of sp³-hybridized carbons (Fsp3) is 0.316. The van der Waals surface area contributed by atoms with E-state index in [-0.39, 0.29) is 4.90 Å². The van der Waals surface area contributed by atoms with Gasteiger partial charge in [-0.3, -0.25) is 4.40 Å². The standard InChI is InChI=1S/C15H13N5O2S.C4H9N/c1-10-3-5-12(6-4-10)23(21,22)19-8-7-13-15(19)16-9-14-18-17-11(2)20(13)14;1-2-4-5-3-1/h3-9H,1-2H3;5H,1-4H2. The van der Waals surface area contributed by atoms with Gasteiger partial charge in [-0.15, -0.1) is 10.2 Å². The molecule has 28 heavy (non-hydrogen) atoms. The Hall–Kier alpha value is -2.78. The van der Waals surface area contributed by atoms with Crippen LogP contribution in [0, 0.1) is 13.8 Å². The highest BCUT2D eigenvalue weighted by molar-refractivity contribution is 7.90. The van der Waals surface area contributed by atoms with Gasteiger partial charge in [0, 0.05) is 6.20 Å². The summed E-state index contributed by atoms with van der Waals surface area (Å²) in [4.78, 5) is 4.48. The molecule has 0 unspecified atom stereocenters. The van der Waals surface area contributed by atoms with Crippen LogP contribution in [-0.4, -0.2) is 45.1 Å². The molecule has 0 radical (unpaired) electrons. The lowest BCUT2D eigenvalue weighted by atomic mass is 10.2. The number of aromatic nitrogens is 5. The average molecular weight is 398 g/mol. The summed E-state index contributed by atoms with van der Waals surface area (Å²) in [5.41, 5.74) is 2.59. The first kappa shape index (κ1) is 18.6. The molecule has 8 nitrogen and oxygen atoms in total. The summed E-state index contributed by atoms with van der Waals surface area (Å²) in [6, 6.07) is 8.44. The fourth-order valence-corrected chi connectivity index (χ4v) is 4.51. The highest BCUT2D eigenvalue weighted by Gasteiger charge is 2.21. The molecule has 0 amide bonds. The normalized spacial score (nSPS) is 14.4. The third-order valence-corrected chi connectivity index (χ3v) is 6.41. The van der Waals surface area contributed by atoms with Gasteiger partial charge in [-0.05, 0) is 58.0 Å². The van der Waals surface area contributed by atoms with Crippen molar-refractivity contribution in [3.05, 3.63) is 54.1 Å². The van der Waals surface area contributed by atoms with E-state index in [1.54, 1.807) is 34.7 Å². The molecule has 0 saturated carbocycles. The molecule has 5 rings (SSSR count). The van der Waals surface area contributed by atoms with Gasteiger partial charge in [0.25, 0.3) is 10.0 Å². The molecule has 4 heterocycles. The van der Waals surface area contributed by atoms with Gasteiger partial charge in [0.15, 0.2) is 11.3 Å². The van der Waals surface area contributed by atoms with E-state index in [0.717, 1.165) is 5.56 Å². The molecule has 0 bridgehead atoms. The van der Waals surface area contributed by atoms with Crippen molar-refractivity contribution in [3.8, 4) is 0 Å². The van der Waals surface area contributed by atoms with Crippen LogP contribution < -0.4 is 5.32 Å². The quantitative estimate of drug-likeness (QED) is 0.557. The summed E-state index contributed by atoms with van der Waals surface area (Å²) < 4.78 is 28.7. The number of aryl methyl sites for hydroxylation is 2. The van der Waals surface area contributed by atoms with Crippen LogP contribution in [0.1, 0.15) is 24.2 Å². The second-order valence-electron chi connectivity index (χ2n) is 6.79. The number of hydrogen-bond acceptors (Lipinski definition) is 6. The van der Waals surface area contributed by atoms with Crippen molar-refractivity contribution in [2.45, 2.75) is 31.6 Å². The lowest BCUT2D eigenvalue weighted by Crippen LogP contribution is -2.12. The predicted octanol–water partition coefficient (Wildman–Crippen LogP) is 2.30. The number of rotatable bonds is 2. The highest BCUT2D eigenvalue weighted by Crippen LogP contribution is 2.22. The van der Waals surface area contributed by atoms with Crippen LogP contribution in [0.5, 0.6) is 0 Å². The van der Waals surface area contributed by atoms with E-state index in [1.165, 1.54) is 42.3 Å². The minimum atomic E-state index is -3.70. The van der Waals surface area contributed by atoms with Gasteiger partial charge in [-0.1, -0.05) is 17.7 Å². The van der Waals surface area contributed by atoms with E-state index in [2.05, 4.69) is 20.5 Å². The molecular weight excluding hydrogens is 376 g/mol. The third-order valence-electron chi connectivity index (χ3n) is 4.73. The van der Waals surface area contributed by atoms with Gasteiger partial charge < -0.3 is 5.32 Å². The van der Waals surface area contributed by atoms with E-state index >= 15 is 0 Å². The Balaban J connectivity index is 0.000000336. The summed E-state index contributed by atoms with van der Waals surface area (Å²) in [5.74, 6) is 0.679. The monoisotopic (exact) mass is 398 g/mol. The van der Waals surface area contributed by atoms with Crippen LogP contribution in [0.25, 0.3) is 16.8 Å². The van der Waals surface area contributed by atoms with Crippen molar-refractivity contribution in [3.63, 3.8) is 0 Å². The van der Waals surface area contributed by atoms with E-state index in [4.69, 9.17) is 0 Å². The first-order valence-electron chi connectivity index (χ1n) is 9.19. The Labute approximate surface area is 163 Å². The molecule has 0 spiro atoms. The zero-order valence-corrected chi connectivity index (χ0v) is 16.6. The van der Waals surface area contributed by atoms with E-state index < -0.39 is 10.0 Å². The number of fused-ring (bicyclic) bond motifs is 3. The van der Waals surface area contributed by atoms with Crippen LogP contribution in [0.3, 0.4) is 0 Å². The SMILES string of the molecule is C1CCNC1.Cc1ccc(S(=O)(=O)n2ccc3c2ncc2nnc(C)n23)cc1. The van der Waals surface area contributed by atoms with Crippen molar-refractivity contribution in [2.75, 3.05) is 13.1 Å². The van der Waals surface area contributed by atoms with E-state index in [9.17, 15) is 8.42 Å². The van der Waals surface area contributed by atoms with Crippen LogP contribution in [-0.2, 0) is 10.0 Å². The molecule has 146 valence electrons. The first-order valence-corrected chi connectivity index (χ1v) is 10.6. The minimum Gasteiger partial charge on any atom is -0.317 e. The molecule has 1 fully saturated rings. The zero-order valence-electron chi connectivity index (χ0n) is 15.8. The van der Waals surface area contributed by atoms with Gasteiger partial charge in [-0.25, -0.2) is 17.4 Å². The maximum absolute atomic E-state index is 12.9. The summed E-state index contributed by atoms with van der Waals surface area (Å²) >= 11 is 0. The van der Waals surface area contributed by atoms with Crippen molar-refractivity contribution in [1.29, 1.82) is 0 Å². The highest BCUT2D eigenvalue weighted by atomic mass is 32.2. The second-order valence-corrected chi connectivity index (χ2v) is 8.61. The molecule has 1 saturated heterocycles. The zero-order chi connectivity index (χ0) is 19.7. The average Bonchev–Trinajstić information content (AvgIpc) is 3.43. The number of nitrogens with one attached hydrogen (secondary N) is 1. The van der Waals surface area contributed by atoms with Crippen LogP contribution in [0.4, 0.5) is 0 Å². The first-order chi connectivity index (χ1) is 13.5. The van der Waals surface area contributed by atoms with Gasteiger partial charge in [0.05, 0.1) is 16.6 Å². The fourth-order valence-electron chi connectivity index (χ4n) is 3.22. The molecule has 1 aliphatic heterocycles. The Morgan fingerprint density at radius 2 is 1.71 bits per heavy atom.